The molecule has 1 amide bonds. The number of anilines is 1. The molecule has 0 aliphatic carbocycles. The molecule has 2 aromatic rings. The molecule has 0 atom stereocenters. The number of hydrogen-bond donors (Lipinski definition) is 2. The predicted octanol–water partition coefficient (Wildman–Crippen LogP) is 2.18. The van der Waals surface area contributed by atoms with Crippen molar-refractivity contribution in [3.63, 3.8) is 0 Å². The summed E-state index contributed by atoms with van der Waals surface area (Å²) >= 11 is 0. The van der Waals surface area contributed by atoms with Crippen molar-refractivity contribution in [3.8, 4) is 5.75 Å². The molecule has 0 bridgehead atoms. The van der Waals surface area contributed by atoms with E-state index in [0.717, 1.165) is 6.07 Å². The number of amides is 1. The van der Waals surface area contributed by atoms with Gasteiger partial charge in [0.15, 0.2) is 0 Å². The molecule has 0 aliphatic heterocycles. The first-order valence-corrected chi connectivity index (χ1v) is 5.86. The summed E-state index contributed by atoms with van der Waals surface area (Å²) in [5.41, 5.74) is -0.511. The largest absolute Gasteiger partial charge is 0.496 e. The summed E-state index contributed by atoms with van der Waals surface area (Å²) in [4.78, 5) is 26.9. The molecule has 1 aromatic carbocycles. The lowest BCUT2D eigenvalue weighted by Crippen LogP contribution is -2.18. The highest BCUT2D eigenvalue weighted by molar-refractivity contribution is 6.08. The standard InChI is InChI=1S/C14H11FN2O4/c1-21-10-6-2-5-9(15)11(10)13(18)17-12-8(14(19)20)4-3-7-16-12/h2-7H,1H3,(H,19,20)(H,16,17,18). The normalized spacial score (nSPS) is 10.0. The quantitative estimate of drug-likeness (QED) is 0.901. The smallest absolute Gasteiger partial charge is 0.339 e. The minimum absolute atomic E-state index is 0.0420. The summed E-state index contributed by atoms with van der Waals surface area (Å²) in [6.07, 6.45) is 1.32. The second-order valence-corrected chi connectivity index (χ2v) is 3.98. The van der Waals surface area contributed by atoms with Gasteiger partial charge in [0.2, 0.25) is 0 Å². The number of benzene rings is 1. The molecule has 0 radical (unpaired) electrons. The van der Waals surface area contributed by atoms with Crippen LogP contribution in [0, 0.1) is 5.82 Å². The molecule has 0 unspecified atom stereocenters. The van der Waals surface area contributed by atoms with Crippen LogP contribution < -0.4 is 10.1 Å². The van der Waals surface area contributed by atoms with Crippen molar-refractivity contribution < 1.29 is 23.8 Å². The van der Waals surface area contributed by atoms with Crippen LogP contribution in [0.2, 0.25) is 0 Å². The molecule has 6 nitrogen and oxygen atoms in total. The van der Waals surface area contributed by atoms with Crippen LogP contribution in [-0.4, -0.2) is 29.1 Å². The Balaban J connectivity index is 2.38. The van der Waals surface area contributed by atoms with Crippen molar-refractivity contribution >= 4 is 17.7 Å². The molecular weight excluding hydrogens is 279 g/mol. The topological polar surface area (TPSA) is 88.5 Å². The van der Waals surface area contributed by atoms with E-state index in [4.69, 9.17) is 9.84 Å². The Labute approximate surface area is 119 Å². The van der Waals surface area contributed by atoms with Crippen molar-refractivity contribution in [2.45, 2.75) is 0 Å². The zero-order valence-corrected chi connectivity index (χ0v) is 11.0. The van der Waals surface area contributed by atoms with Gasteiger partial charge >= 0.3 is 5.97 Å². The number of rotatable bonds is 4. The third kappa shape index (κ3) is 2.97. The molecule has 108 valence electrons. The van der Waals surface area contributed by atoms with Crippen molar-refractivity contribution in [2.75, 3.05) is 12.4 Å². The highest BCUT2D eigenvalue weighted by Crippen LogP contribution is 2.23. The Morgan fingerprint density at radius 1 is 1.29 bits per heavy atom. The number of halogens is 1. The number of nitrogens with zero attached hydrogens (tertiary/aromatic N) is 1. The number of methoxy groups -OCH3 is 1. The van der Waals surface area contributed by atoms with Gasteiger partial charge in [0.05, 0.1) is 7.11 Å². The highest BCUT2D eigenvalue weighted by Gasteiger charge is 2.20. The van der Waals surface area contributed by atoms with Gasteiger partial charge in [-0.25, -0.2) is 14.2 Å². The van der Waals surface area contributed by atoms with Crippen molar-refractivity contribution in [1.82, 2.24) is 4.98 Å². The van der Waals surface area contributed by atoms with Gasteiger partial charge in [-0.2, -0.15) is 0 Å². The lowest BCUT2D eigenvalue weighted by Gasteiger charge is -2.10. The second-order valence-electron chi connectivity index (χ2n) is 3.98. The van der Waals surface area contributed by atoms with Crippen molar-refractivity contribution in [3.05, 3.63) is 53.5 Å². The number of hydrogen-bond acceptors (Lipinski definition) is 4. The van der Waals surface area contributed by atoms with Crippen LogP contribution in [0.1, 0.15) is 20.7 Å². The molecule has 2 rings (SSSR count). The van der Waals surface area contributed by atoms with E-state index in [9.17, 15) is 14.0 Å². The van der Waals surface area contributed by atoms with Gasteiger partial charge in [0.1, 0.15) is 28.5 Å². The van der Waals surface area contributed by atoms with Crippen LogP contribution in [0.5, 0.6) is 5.75 Å². The lowest BCUT2D eigenvalue weighted by atomic mass is 10.1. The zero-order chi connectivity index (χ0) is 15.4. The van der Waals surface area contributed by atoms with Gasteiger partial charge < -0.3 is 15.2 Å². The Kier molecular flexibility index (Phi) is 4.13. The van der Waals surface area contributed by atoms with E-state index in [2.05, 4.69) is 10.3 Å². The Morgan fingerprint density at radius 2 is 2.05 bits per heavy atom. The molecule has 0 saturated heterocycles. The first kappa shape index (κ1) is 14.4. The molecule has 0 fully saturated rings. The van der Waals surface area contributed by atoms with Crippen molar-refractivity contribution in [1.29, 1.82) is 0 Å². The van der Waals surface area contributed by atoms with Gasteiger partial charge in [0.25, 0.3) is 5.91 Å². The number of carbonyl (C=O) groups excluding carboxylic acids is 1. The molecule has 1 heterocycles. The average Bonchev–Trinajstić information content (AvgIpc) is 2.47. The maximum atomic E-state index is 13.8. The number of aromatic carboxylic acids is 1. The predicted molar refractivity (Wildman–Crippen MR) is 72.1 cm³/mol. The SMILES string of the molecule is COc1cccc(F)c1C(=O)Nc1ncccc1C(=O)O. The van der Waals surface area contributed by atoms with Crippen LogP contribution in [0.15, 0.2) is 36.5 Å². The first-order valence-electron chi connectivity index (χ1n) is 5.86. The summed E-state index contributed by atoms with van der Waals surface area (Å²) in [5, 5.41) is 11.3. The van der Waals surface area contributed by atoms with Gasteiger partial charge in [-0.1, -0.05) is 6.07 Å². The molecule has 1 aromatic heterocycles. The Bertz CT molecular complexity index is 703. The van der Waals surface area contributed by atoms with Gasteiger partial charge in [-0.15, -0.1) is 0 Å². The Morgan fingerprint density at radius 3 is 2.71 bits per heavy atom. The first-order chi connectivity index (χ1) is 10.0. The Hall–Kier alpha value is -2.96. The molecule has 0 aliphatic rings. The summed E-state index contributed by atoms with van der Waals surface area (Å²) in [5.74, 6) is -3.00. The van der Waals surface area contributed by atoms with Crippen LogP contribution >= 0.6 is 0 Å². The fourth-order valence-corrected chi connectivity index (χ4v) is 1.74. The fourth-order valence-electron chi connectivity index (χ4n) is 1.74. The molecule has 7 heteroatoms. The van der Waals surface area contributed by atoms with Gasteiger partial charge in [0, 0.05) is 6.20 Å². The van der Waals surface area contributed by atoms with E-state index in [1.807, 2.05) is 0 Å². The van der Waals surface area contributed by atoms with Crippen molar-refractivity contribution in [2.24, 2.45) is 0 Å². The minimum atomic E-state index is -1.25. The van der Waals surface area contributed by atoms with Crippen LogP contribution in [-0.2, 0) is 0 Å². The molecule has 21 heavy (non-hydrogen) atoms. The average molecular weight is 290 g/mol. The number of ether oxygens (including phenoxy) is 1. The summed E-state index contributed by atoms with van der Waals surface area (Å²) in [6.45, 7) is 0. The van der Waals surface area contributed by atoms with E-state index in [1.165, 1.54) is 37.6 Å². The molecule has 2 N–H and O–H groups in total. The fraction of sp³-hybridized carbons (Fsp3) is 0.0714. The van der Waals surface area contributed by atoms with Gasteiger partial charge in [-0.05, 0) is 24.3 Å². The van der Waals surface area contributed by atoms with Crippen LogP contribution in [0.25, 0.3) is 0 Å². The number of carboxylic acid groups (broad SMARTS) is 1. The third-order valence-corrected chi connectivity index (χ3v) is 2.69. The molecular formula is C14H11FN2O4. The monoisotopic (exact) mass is 290 g/mol. The van der Waals surface area contributed by atoms with E-state index < -0.39 is 17.7 Å². The van der Waals surface area contributed by atoms with E-state index >= 15 is 0 Å². The number of pyridine rings is 1. The number of aromatic nitrogens is 1. The number of carboxylic acids is 1. The van der Waals surface area contributed by atoms with E-state index in [0.29, 0.717) is 0 Å². The number of nitrogens with one attached hydrogen (secondary N) is 1. The maximum absolute atomic E-state index is 13.8. The molecule has 0 spiro atoms. The third-order valence-electron chi connectivity index (χ3n) is 2.69. The van der Waals surface area contributed by atoms with Crippen LogP contribution in [0.4, 0.5) is 10.2 Å². The summed E-state index contributed by atoms with van der Waals surface area (Å²) in [7, 11) is 1.30. The second kappa shape index (κ2) is 6.00. The van der Waals surface area contributed by atoms with E-state index in [1.54, 1.807) is 0 Å². The minimum Gasteiger partial charge on any atom is -0.496 e. The zero-order valence-electron chi connectivity index (χ0n) is 11.0. The highest BCUT2D eigenvalue weighted by atomic mass is 19.1. The number of carbonyl (C=O) groups is 2. The lowest BCUT2D eigenvalue weighted by molar-refractivity contribution is 0.0697. The maximum Gasteiger partial charge on any atom is 0.339 e. The van der Waals surface area contributed by atoms with Gasteiger partial charge in [-0.3, -0.25) is 4.79 Å². The summed E-state index contributed by atoms with van der Waals surface area (Å²) < 4.78 is 18.7. The van der Waals surface area contributed by atoms with Crippen LogP contribution in [0.3, 0.4) is 0 Å². The summed E-state index contributed by atoms with van der Waals surface area (Å²) in [6, 6.07) is 6.63. The molecule has 0 saturated carbocycles. The van der Waals surface area contributed by atoms with E-state index in [-0.39, 0.29) is 22.7 Å².